The summed E-state index contributed by atoms with van der Waals surface area (Å²) in [5, 5.41) is 0. The molecule has 2 aliphatic rings. The molecule has 35 heavy (non-hydrogen) atoms. The van der Waals surface area contributed by atoms with E-state index in [-0.39, 0.29) is 23.7 Å². The van der Waals surface area contributed by atoms with E-state index < -0.39 is 0 Å². The van der Waals surface area contributed by atoms with Crippen LogP contribution in [-0.2, 0) is 9.47 Å². The first-order valence-corrected chi connectivity index (χ1v) is 12.9. The third-order valence-electron chi connectivity index (χ3n) is 6.99. The van der Waals surface area contributed by atoms with Crippen LogP contribution in [-0.4, -0.2) is 55.9 Å². The zero-order valence-electron chi connectivity index (χ0n) is 21.5. The molecule has 1 amide bonds. The maximum absolute atomic E-state index is 13.3. The van der Waals surface area contributed by atoms with Crippen LogP contribution in [0.3, 0.4) is 0 Å². The van der Waals surface area contributed by atoms with E-state index in [1.165, 1.54) is 5.56 Å². The molecule has 2 aromatic carbocycles. The predicted octanol–water partition coefficient (Wildman–Crippen LogP) is 5.66. The van der Waals surface area contributed by atoms with Crippen molar-refractivity contribution in [3.05, 3.63) is 59.7 Å². The minimum Gasteiger partial charge on any atom is -0.493 e. The van der Waals surface area contributed by atoms with Crippen LogP contribution in [0, 0.1) is 5.92 Å². The molecule has 4 rings (SSSR count). The molecule has 190 valence electrons. The molecule has 0 radical (unpaired) electrons. The summed E-state index contributed by atoms with van der Waals surface area (Å²) < 4.78 is 24.2. The largest absolute Gasteiger partial charge is 0.493 e. The number of piperidine rings is 1. The fourth-order valence-corrected chi connectivity index (χ4v) is 5.17. The van der Waals surface area contributed by atoms with Crippen molar-refractivity contribution in [3.63, 3.8) is 0 Å². The molecule has 2 atom stereocenters. The van der Waals surface area contributed by atoms with Gasteiger partial charge < -0.3 is 23.8 Å². The molecule has 2 saturated heterocycles. The van der Waals surface area contributed by atoms with Gasteiger partial charge in [0.05, 0.1) is 31.5 Å². The molecule has 6 nitrogen and oxygen atoms in total. The van der Waals surface area contributed by atoms with Crippen molar-refractivity contribution >= 4 is 5.91 Å². The van der Waals surface area contributed by atoms with E-state index >= 15 is 0 Å². The van der Waals surface area contributed by atoms with Gasteiger partial charge in [-0.3, -0.25) is 4.79 Å². The zero-order chi connectivity index (χ0) is 24.8. The van der Waals surface area contributed by atoms with Gasteiger partial charge in [-0.2, -0.15) is 0 Å². The summed E-state index contributed by atoms with van der Waals surface area (Å²) in [6.45, 7) is 8.87. The Bertz CT molecular complexity index is 968. The standard InChI is InChI=1S/C29H39NO5/c1-5-33-24-18-26(22-9-7-6-8-10-22)35-29(19-24)13-15-30(16-14-29)28(31)23-11-12-25(27(17-23)32-4)34-20-21(2)3/h6-12,17,21,24,26H,5,13-16,18-20H2,1-4H3. The minimum atomic E-state index is -0.262. The lowest BCUT2D eigenvalue weighted by molar-refractivity contribution is -0.190. The molecule has 6 heteroatoms. The van der Waals surface area contributed by atoms with Gasteiger partial charge in [-0.25, -0.2) is 0 Å². The van der Waals surface area contributed by atoms with Gasteiger partial charge in [0, 0.05) is 38.1 Å². The van der Waals surface area contributed by atoms with Crippen LogP contribution in [0.2, 0.25) is 0 Å². The third kappa shape index (κ3) is 6.17. The van der Waals surface area contributed by atoms with Crippen molar-refractivity contribution in [1.29, 1.82) is 0 Å². The first-order valence-electron chi connectivity index (χ1n) is 12.9. The quantitative estimate of drug-likeness (QED) is 0.487. The van der Waals surface area contributed by atoms with Crippen LogP contribution in [0.15, 0.2) is 48.5 Å². The normalized spacial score (nSPS) is 21.8. The maximum atomic E-state index is 13.3. The van der Waals surface area contributed by atoms with E-state index in [2.05, 4.69) is 38.1 Å². The van der Waals surface area contributed by atoms with Crippen LogP contribution < -0.4 is 9.47 Å². The fourth-order valence-electron chi connectivity index (χ4n) is 5.17. The van der Waals surface area contributed by atoms with Crippen molar-refractivity contribution in [2.24, 2.45) is 5.92 Å². The number of rotatable bonds is 8. The van der Waals surface area contributed by atoms with Crippen molar-refractivity contribution in [1.82, 2.24) is 4.90 Å². The number of hydrogen-bond acceptors (Lipinski definition) is 5. The number of nitrogens with zero attached hydrogens (tertiary/aromatic N) is 1. The maximum Gasteiger partial charge on any atom is 0.253 e. The van der Waals surface area contributed by atoms with Crippen molar-refractivity contribution in [2.75, 3.05) is 33.4 Å². The minimum absolute atomic E-state index is 0.0188. The smallest absolute Gasteiger partial charge is 0.253 e. The zero-order valence-corrected chi connectivity index (χ0v) is 21.5. The van der Waals surface area contributed by atoms with E-state index in [1.54, 1.807) is 13.2 Å². The van der Waals surface area contributed by atoms with Gasteiger partial charge in [-0.1, -0.05) is 44.2 Å². The average Bonchev–Trinajstić information content (AvgIpc) is 2.88. The van der Waals surface area contributed by atoms with Crippen molar-refractivity contribution < 1.29 is 23.7 Å². The molecule has 0 N–H and O–H groups in total. The number of carbonyl (C=O) groups is 1. The SMILES string of the molecule is CCOC1CC(c2ccccc2)OC2(CCN(C(=O)c3ccc(OCC(C)C)c(OC)c3)CC2)C1. The number of amides is 1. The van der Waals surface area contributed by atoms with Crippen molar-refractivity contribution in [3.8, 4) is 11.5 Å². The molecule has 2 fully saturated rings. The van der Waals surface area contributed by atoms with Crippen LogP contribution in [0.1, 0.15) is 68.5 Å². The summed E-state index contributed by atoms with van der Waals surface area (Å²) in [5.41, 5.74) is 1.55. The Labute approximate surface area is 209 Å². The average molecular weight is 482 g/mol. The van der Waals surface area contributed by atoms with Gasteiger partial charge in [0.2, 0.25) is 0 Å². The molecule has 2 unspecified atom stereocenters. The van der Waals surface area contributed by atoms with Gasteiger partial charge >= 0.3 is 0 Å². The van der Waals surface area contributed by atoms with Gasteiger partial charge in [-0.15, -0.1) is 0 Å². The lowest BCUT2D eigenvalue weighted by Crippen LogP contribution is -2.52. The molecule has 2 heterocycles. The lowest BCUT2D eigenvalue weighted by Gasteiger charge is -2.48. The highest BCUT2D eigenvalue weighted by Gasteiger charge is 2.45. The first kappa shape index (κ1) is 25.5. The topological polar surface area (TPSA) is 57.2 Å². The third-order valence-corrected chi connectivity index (χ3v) is 6.99. The molecule has 0 bridgehead atoms. The van der Waals surface area contributed by atoms with Gasteiger partial charge in [0.15, 0.2) is 11.5 Å². The summed E-state index contributed by atoms with van der Waals surface area (Å²) in [6.07, 6.45) is 3.54. The van der Waals surface area contributed by atoms with Crippen LogP contribution in [0.4, 0.5) is 0 Å². The second-order valence-electron chi connectivity index (χ2n) is 10.1. The Hall–Kier alpha value is -2.57. The van der Waals surface area contributed by atoms with Crippen LogP contribution in [0.5, 0.6) is 11.5 Å². The van der Waals surface area contributed by atoms with E-state index in [0.717, 1.165) is 25.7 Å². The van der Waals surface area contributed by atoms with Gasteiger partial charge in [0.1, 0.15) is 0 Å². The summed E-state index contributed by atoms with van der Waals surface area (Å²) >= 11 is 0. The van der Waals surface area contributed by atoms with Crippen molar-refractivity contribution in [2.45, 2.75) is 64.3 Å². The number of methoxy groups -OCH3 is 1. The summed E-state index contributed by atoms with van der Waals surface area (Å²) in [5.74, 6) is 1.68. The van der Waals surface area contributed by atoms with Gasteiger partial charge in [-0.05, 0) is 49.4 Å². The molecular weight excluding hydrogens is 442 g/mol. The number of carbonyl (C=O) groups excluding carboxylic acids is 1. The highest BCUT2D eigenvalue weighted by Crippen LogP contribution is 2.44. The molecule has 0 saturated carbocycles. The number of ether oxygens (including phenoxy) is 4. The Morgan fingerprint density at radius 1 is 1.11 bits per heavy atom. The second kappa shape index (κ2) is 11.4. The Morgan fingerprint density at radius 2 is 1.86 bits per heavy atom. The number of likely N-dealkylation sites (tertiary alicyclic amines) is 1. The lowest BCUT2D eigenvalue weighted by atomic mass is 9.80. The molecule has 0 aromatic heterocycles. The first-order chi connectivity index (χ1) is 16.9. The van der Waals surface area contributed by atoms with Crippen LogP contribution in [0.25, 0.3) is 0 Å². The van der Waals surface area contributed by atoms with E-state index in [1.807, 2.05) is 30.0 Å². The molecular formula is C29H39NO5. The monoisotopic (exact) mass is 481 g/mol. The number of hydrogen-bond donors (Lipinski definition) is 0. The van der Waals surface area contributed by atoms with E-state index in [0.29, 0.717) is 49.3 Å². The fraction of sp³-hybridized carbons (Fsp3) is 0.552. The highest BCUT2D eigenvalue weighted by molar-refractivity contribution is 5.95. The van der Waals surface area contributed by atoms with Crippen LogP contribution >= 0.6 is 0 Å². The summed E-state index contributed by atoms with van der Waals surface area (Å²) in [7, 11) is 1.61. The Balaban J connectivity index is 1.43. The molecule has 0 aliphatic carbocycles. The van der Waals surface area contributed by atoms with Gasteiger partial charge in [0.25, 0.3) is 5.91 Å². The molecule has 2 aromatic rings. The Kier molecular flexibility index (Phi) is 8.34. The second-order valence-corrected chi connectivity index (χ2v) is 10.1. The highest BCUT2D eigenvalue weighted by atomic mass is 16.5. The van der Waals surface area contributed by atoms with E-state index in [9.17, 15) is 4.79 Å². The molecule has 1 spiro atoms. The predicted molar refractivity (Wildman–Crippen MR) is 136 cm³/mol. The summed E-state index contributed by atoms with van der Waals surface area (Å²) in [6, 6.07) is 15.9. The number of benzene rings is 2. The molecule has 2 aliphatic heterocycles. The Morgan fingerprint density at radius 3 is 2.51 bits per heavy atom. The summed E-state index contributed by atoms with van der Waals surface area (Å²) in [4.78, 5) is 15.3. The van der Waals surface area contributed by atoms with E-state index in [4.69, 9.17) is 18.9 Å².